The molecule has 0 aliphatic heterocycles. The van der Waals surface area contributed by atoms with Gasteiger partial charge in [-0.2, -0.15) is 0 Å². The van der Waals surface area contributed by atoms with E-state index in [1.54, 1.807) is 5.57 Å². The van der Waals surface area contributed by atoms with E-state index in [9.17, 15) is 5.11 Å². The van der Waals surface area contributed by atoms with Crippen LogP contribution in [-0.2, 0) is 0 Å². The van der Waals surface area contributed by atoms with Crippen molar-refractivity contribution < 1.29 is 5.11 Å². The van der Waals surface area contributed by atoms with Crippen LogP contribution >= 0.6 is 0 Å². The highest BCUT2D eigenvalue weighted by atomic mass is 16.3. The van der Waals surface area contributed by atoms with Gasteiger partial charge in [0.25, 0.3) is 0 Å². The van der Waals surface area contributed by atoms with Gasteiger partial charge in [-0.3, -0.25) is 0 Å². The molecule has 0 saturated heterocycles. The van der Waals surface area contributed by atoms with Gasteiger partial charge in [0.05, 0.1) is 6.10 Å². The molecule has 0 spiro atoms. The number of hydrogen-bond acceptors (Lipinski definition) is 1. The highest BCUT2D eigenvalue weighted by Crippen LogP contribution is 2.50. The molecule has 3 aliphatic carbocycles. The fourth-order valence-corrected chi connectivity index (χ4v) is 5.56. The van der Waals surface area contributed by atoms with Crippen molar-refractivity contribution in [2.24, 2.45) is 35.5 Å². The molecule has 1 heteroatoms. The average Bonchev–Trinajstić information content (AvgIpc) is 3.11. The maximum Gasteiger partial charge on any atom is 0.0583 e. The molecule has 0 amide bonds. The SMILES string of the molecule is CC1=C(/C=C\C2=CCCC3C2CCC3C(C)/C=C/C(C)C(C)C)CC(O)CC1. The summed E-state index contributed by atoms with van der Waals surface area (Å²) >= 11 is 0. The summed E-state index contributed by atoms with van der Waals surface area (Å²) in [4.78, 5) is 0. The predicted molar refractivity (Wildman–Crippen MR) is 121 cm³/mol. The predicted octanol–water partition coefficient (Wildman–Crippen LogP) is 7.25. The molecule has 6 unspecified atom stereocenters. The highest BCUT2D eigenvalue weighted by Gasteiger charge is 2.40. The van der Waals surface area contributed by atoms with Gasteiger partial charge in [-0.05, 0) is 98.5 Å². The van der Waals surface area contributed by atoms with E-state index >= 15 is 0 Å². The molecule has 1 nitrogen and oxygen atoms in total. The second kappa shape index (κ2) is 9.61. The van der Waals surface area contributed by atoms with Crippen molar-refractivity contribution in [3.8, 4) is 0 Å². The van der Waals surface area contributed by atoms with E-state index in [2.05, 4.69) is 65.0 Å². The molecule has 0 aromatic carbocycles. The zero-order chi connectivity index (χ0) is 20.3. The molecule has 156 valence electrons. The van der Waals surface area contributed by atoms with Gasteiger partial charge in [-0.25, -0.2) is 0 Å². The van der Waals surface area contributed by atoms with Gasteiger partial charge >= 0.3 is 0 Å². The Balaban J connectivity index is 1.66. The number of aliphatic hydroxyl groups excluding tert-OH is 1. The first-order valence-corrected chi connectivity index (χ1v) is 11.8. The second-order valence-corrected chi connectivity index (χ2v) is 10.2. The zero-order valence-electron chi connectivity index (χ0n) is 18.8. The summed E-state index contributed by atoms with van der Waals surface area (Å²) in [5, 5.41) is 10.0. The second-order valence-electron chi connectivity index (χ2n) is 10.2. The monoisotopic (exact) mass is 382 g/mol. The first-order chi connectivity index (χ1) is 13.4. The third-order valence-corrected chi connectivity index (χ3v) is 7.96. The van der Waals surface area contributed by atoms with Gasteiger partial charge in [0, 0.05) is 0 Å². The third-order valence-electron chi connectivity index (χ3n) is 7.96. The number of fused-ring (bicyclic) bond motifs is 1. The quantitative estimate of drug-likeness (QED) is 0.480. The largest absolute Gasteiger partial charge is 0.393 e. The summed E-state index contributed by atoms with van der Waals surface area (Å²) in [5.74, 6) is 4.54. The van der Waals surface area contributed by atoms with Gasteiger partial charge in [-0.1, -0.05) is 63.6 Å². The van der Waals surface area contributed by atoms with E-state index in [0.717, 1.165) is 42.9 Å². The maximum absolute atomic E-state index is 10.0. The van der Waals surface area contributed by atoms with Crippen LogP contribution in [0, 0.1) is 35.5 Å². The lowest BCUT2D eigenvalue weighted by atomic mass is 9.73. The van der Waals surface area contributed by atoms with Crippen molar-refractivity contribution in [2.75, 3.05) is 0 Å². The first-order valence-electron chi connectivity index (χ1n) is 11.8. The fraction of sp³-hybridized carbons (Fsp3) is 0.704. The molecule has 3 aliphatic rings. The Kier molecular flexibility index (Phi) is 7.42. The number of rotatable bonds is 6. The molecule has 1 fully saturated rings. The average molecular weight is 383 g/mol. The van der Waals surface area contributed by atoms with Gasteiger partial charge in [0.1, 0.15) is 0 Å². The topological polar surface area (TPSA) is 20.2 Å². The standard InChI is InChI=1S/C27H42O/c1-18(2)19(3)9-10-21(5)25-15-16-26-22(7-6-8-27(25)26)12-13-23-17-24(28)14-11-20(23)4/h7,9-10,12-13,18-19,21,24-28H,6,8,11,14-17H2,1-5H3/b10-9+,13-12-. The Bertz CT molecular complexity index is 647. The van der Waals surface area contributed by atoms with Gasteiger partial charge in [-0.15, -0.1) is 0 Å². The molecule has 6 atom stereocenters. The molecule has 3 rings (SSSR count). The lowest BCUT2D eigenvalue weighted by Crippen LogP contribution is -2.23. The molecule has 0 aromatic rings. The Labute approximate surface area is 173 Å². The van der Waals surface area contributed by atoms with Crippen molar-refractivity contribution in [1.82, 2.24) is 0 Å². The summed E-state index contributed by atoms with van der Waals surface area (Å²) in [6.07, 6.45) is 20.2. The molecule has 0 heterocycles. The van der Waals surface area contributed by atoms with E-state index in [1.807, 2.05) is 0 Å². The fourth-order valence-electron chi connectivity index (χ4n) is 5.56. The third kappa shape index (κ3) is 5.09. The van der Waals surface area contributed by atoms with Gasteiger partial charge in [0.15, 0.2) is 0 Å². The first kappa shape index (κ1) is 21.6. The molecule has 0 bridgehead atoms. The van der Waals surface area contributed by atoms with Crippen LogP contribution in [0.1, 0.15) is 79.6 Å². The summed E-state index contributed by atoms with van der Waals surface area (Å²) in [6.45, 7) is 11.7. The van der Waals surface area contributed by atoms with Crippen molar-refractivity contribution in [3.05, 3.63) is 47.1 Å². The molecular formula is C27H42O. The van der Waals surface area contributed by atoms with Crippen LogP contribution in [0.5, 0.6) is 0 Å². The Morgan fingerprint density at radius 1 is 1.00 bits per heavy atom. The highest BCUT2D eigenvalue weighted by molar-refractivity contribution is 5.35. The lowest BCUT2D eigenvalue weighted by Gasteiger charge is -2.32. The van der Waals surface area contributed by atoms with Crippen LogP contribution in [-0.4, -0.2) is 11.2 Å². The van der Waals surface area contributed by atoms with Crippen LogP contribution in [0.2, 0.25) is 0 Å². The minimum absolute atomic E-state index is 0.145. The summed E-state index contributed by atoms with van der Waals surface area (Å²) < 4.78 is 0. The van der Waals surface area contributed by atoms with Crippen LogP contribution < -0.4 is 0 Å². The molecular weight excluding hydrogens is 340 g/mol. The van der Waals surface area contributed by atoms with E-state index in [1.165, 1.54) is 36.8 Å². The molecule has 1 saturated carbocycles. The van der Waals surface area contributed by atoms with Crippen molar-refractivity contribution in [3.63, 3.8) is 0 Å². The Hall–Kier alpha value is -1.08. The summed E-state index contributed by atoms with van der Waals surface area (Å²) in [7, 11) is 0. The maximum atomic E-state index is 10.0. The molecule has 0 radical (unpaired) electrons. The van der Waals surface area contributed by atoms with Crippen molar-refractivity contribution in [2.45, 2.75) is 85.7 Å². The number of allylic oxidation sites excluding steroid dienone is 7. The minimum Gasteiger partial charge on any atom is -0.393 e. The Morgan fingerprint density at radius 2 is 1.79 bits per heavy atom. The van der Waals surface area contributed by atoms with Gasteiger partial charge < -0.3 is 5.11 Å². The van der Waals surface area contributed by atoms with Crippen LogP contribution in [0.4, 0.5) is 0 Å². The summed E-state index contributed by atoms with van der Waals surface area (Å²) in [5.41, 5.74) is 4.41. The molecule has 1 N–H and O–H groups in total. The Morgan fingerprint density at radius 3 is 2.54 bits per heavy atom. The smallest absolute Gasteiger partial charge is 0.0583 e. The van der Waals surface area contributed by atoms with Crippen molar-refractivity contribution in [1.29, 1.82) is 0 Å². The number of aliphatic hydroxyl groups is 1. The van der Waals surface area contributed by atoms with Gasteiger partial charge in [0.2, 0.25) is 0 Å². The van der Waals surface area contributed by atoms with E-state index in [0.29, 0.717) is 11.8 Å². The lowest BCUT2D eigenvalue weighted by molar-refractivity contribution is 0.159. The normalized spacial score (nSPS) is 33.6. The van der Waals surface area contributed by atoms with Crippen molar-refractivity contribution >= 4 is 0 Å². The molecule has 28 heavy (non-hydrogen) atoms. The van der Waals surface area contributed by atoms with Crippen LogP contribution in [0.15, 0.2) is 47.1 Å². The van der Waals surface area contributed by atoms with E-state index in [-0.39, 0.29) is 6.10 Å². The molecule has 0 aromatic heterocycles. The zero-order valence-corrected chi connectivity index (χ0v) is 18.8. The minimum atomic E-state index is -0.145. The van der Waals surface area contributed by atoms with Crippen LogP contribution in [0.3, 0.4) is 0 Å². The van der Waals surface area contributed by atoms with E-state index < -0.39 is 0 Å². The number of hydrogen-bond donors (Lipinski definition) is 1. The summed E-state index contributed by atoms with van der Waals surface area (Å²) in [6, 6.07) is 0. The van der Waals surface area contributed by atoms with E-state index in [4.69, 9.17) is 0 Å². The van der Waals surface area contributed by atoms with Crippen LogP contribution in [0.25, 0.3) is 0 Å².